The van der Waals surface area contributed by atoms with Crippen LogP contribution in [0.25, 0.3) is 10.2 Å². The van der Waals surface area contributed by atoms with Gasteiger partial charge in [0.05, 0.1) is 22.7 Å². The van der Waals surface area contributed by atoms with Crippen LogP contribution >= 0.6 is 11.3 Å². The Balaban J connectivity index is 1.54. The van der Waals surface area contributed by atoms with Gasteiger partial charge in [0, 0.05) is 19.6 Å². The van der Waals surface area contributed by atoms with E-state index in [0.717, 1.165) is 15.8 Å². The predicted molar refractivity (Wildman–Crippen MR) is 111 cm³/mol. The minimum atomic E-state index is -0.275. The number of hydrogen-bond donors (Lipinski definition) is 0. The van der Waals surface area contributed by atoms with Crippen LogP contribution in [-0.2, 0) is 16.1 Å². The van der Waals surface area contributed by atoms with Gasteiger partial charge in [0.2, 0.25) is 0 Å². The lowest BCUT2D eigenvalue weighted by atomic mass is 9.97. The van der Waals surface area contributed by atoms with E-state index in [1.807, 2.05) is 27.0 Å². The van der Waals surface area contributed by atoms with Gasteiger partial charge in [0.1, 0.15) is 11.5 Å². The Bertz CT molecular complexity index is 1020. The fourth-order valence-electron chi connectivity index (χ4n) is 3.84. The van der Waals surface area contributed by atoms with Crippen molar-refractivity contribution in [1.29, 1.82) is 0 Å². The van der Waals surface area contributed by atoms with Crippen molar-refractivity contribution in [3.05, 3.63) is 58.9 Å². The number of hydrogen-bond acceptors (Lipinski definition) is 4. The normalized spacial score (nSPS) is 15.0. The fourth-order valence-corrected chi connectivity index (χ4v) is 4.66. The highest BCUT2D eigenvalue weighted by atomic mass is 32.1. The number of carbonyl (C=O) groups is 2. The molecule has 2 aromatic heterocycles. The first kappa shape index (κ1) is 19.6. The third-order valence-electron chi connectivity index (χ3n) is 5.40. The number of benzene rings is 1. The molecule has 29 heavy (non-hydrogen) atoms. The van der Waals surface area contributed by atoms with Crippen molar-refractivity contribution < 1.29 is 18.7 Å². The number of esters is 1. The predicted octanol–water partition coefficient (Wildman–Crippen LogP) is 4.31. The molecule has 0 bridgehead atoms. The molecule has 0 radical (unpaired) electrons. The second-order valence-electron chi connectivity index (χ2n) is 7.23. The van der Waals surface area contributed by atoms with Crippen LogP contribution in [0.15, 0.2) is 41.8 Å². The molecule has 1 saturated heterocycles. The highest BCUT2D eigenvalue weighted by molar-refractivity contribution is 7.17. The summed E-state index contributed by atoms with van der Waals surface area (Å²) in [7, 11) is 0. The third-order valence-corrected chi connectivity index (χ3v) is 6.25. The zero-order valence-electron chi connectivity index (χ0n) is 16.3. The second-order valence-corrected chi connectivity index (χ2v) is 8.18. The Labute approximate surface area is 172 Å². The Hall–Kier alpha value is -2.67. The number of carbonyl (C=O) groups excluding carboxylic acids is 2. The Morgan fingerprint density at radius 3 is 2.59 bits per heavy atom. The van der Waals surface area contributed by atoms with E-state index in [0.29, 0.717) is 44.8 Å². The molecule has 152 valence electrons. The highest BCUT2D eigenvalue weighted by Crippen LogP contribution is 2.28. The quantitative estimate of drug-likeness (QED) is 0.585. The minimum absolute atomic E-state index is 0.0298. The summed E-state index contributed by atoms with van der Waals surface area (Å²) in [5.41, 5.74) is 2.57. The van der Waals surface area contributed by atoms with Crippen molar-refractivity contribution in [3.63, 3.8) is 0 Å². The van der Waals surface area contributed by atoms with Crippen LogP contribution in [0.2, 0.25) is 0 Å². The molecule has 0 N–H and O–H groups in total. The van der Waals surface area contributed by atoms with E-state index >= 15 is 0 Å². The molecule has 0 atom stereocenters. The van der Waals surface area contributed by atoms with Crippen LogP contribution in [0.3, 0.4) is 0 Å². The maximum Gasteiger partial charge on any atom is 0.309 e. The lowest BCUT2D eigenvalue weighted by Crippen LogP contribution is -2.41. The molecule has 3 aromatic rings. The Morgan fingerprint density at radius 2 is 1.90 bits per heavy atom. The van der Waals surface area contributed by atoms with E-state index in [1.165, 1.54) is 12.1 Å². The first-order valence-corrected chi connectivity index (χ1v) is 10.7. The van der Waals surface area contributed by atoms with Gasteiger partial charge in [-0.25, -0.2) is 4.39 Å². The van der Waals surface area contributed by atoms with E-state index in [1.54, 1.807) is 30.4 Å². The van der Waals surface area contributed by atoms with Crippen LogP contribution < -0.4 is 0 Å². The van der Waals surface area contributed by atoms with Crippen molar-refractivity contribution in [1.82, 2.24) is 9.47 Å². The Morgan fingerprint density at radius 1 is 1.17 bits per heavy atom. The molecule has 0 aliphatic carbocycles. The average molecular weight is 415 g/mol. The van der Waals surface area contributed by atoms with Crippen LogP contribution in [0.4, 0.5) is 4.39 Å². The average Bonchev–Trinajstić information content (AvgIpc) is 3.32. The molecule has 0 saturated carbocycles. The molecule has 3 heterocycles. The maximum atomic E-state index is 13.3. The maximum absolute atomic E-state index is 13.3. The number of likely N-dealkylation sites (tertiary alicyclic amines) is 1. The number of nitrogens with zero attached hydrogens (tertiary/aromatic N) is 2. The van der Waals surface area contributed by atoms with E-state index in [9.17, 15) is 14.0 Å². The van der Waals surface area contributed by atoms with Crippen LogP contribution in [0, 0.1) is 11.7 Å². The second kappa shape index (κ2) is 8.37. The number of halogens is 1. The molecule has 5 nitrogen and oxygen atoms in total. The minimum Gasteiger partial charge on any atom is -0.466 e. The lowest BCUT2D eigenvalue weighted by Gasteiger charge is -2.31. The zero-order chi connectivity index (χ0) is 20.4. The molecule has 1 aliphatic rings. The number of thiophene rings is 1. The van der Waals surface area contributed by atoms with Crippen molar-refractivity contribution in [2.24, 2.45) is 5.92 Å². The number of amides is 1. The third kappa shape index (κ3) is 4.05. The van der Waals surface area contributed by atoms with Gasteiger partial charge in [-0.1, -0.05) is 12.1 Å². The Kier molecular flexibility index (Phi) is 5.67. The molecule has 1 aliphatic heterocycles. The molecular weight excluding hydrogens is 391 g/mol. The van der Waals surface area contributed by atoms with Gasteiger partial charge in [0.25, 0.3) is 5.91 Å². The summed E-state index contributed by atoms with van der Waals surface area (Å²) in [5, 5.41) is 2.00. The van der Waals surface area contributed by atoms with E-state index in [4.69, 9.17) is 4.74 Å². The van der Waals surface area contributed by atoms with Gasteiger partial charge in [0.15, 0.2) is 0 Å². The van der Waals surface area contributed by atoms with Crippen molar-refractivity contribution >= 4 is 33.4 Å². The summed E-state index contributed by atoms with van der Waals surface area (Å²) in [6.45, 7) is 3.76. The van der Waals surface area contributed by atoms with Crippen LogP contribution in [-0.4, -0.2) is 41.0 Å². The summed E-state index contributed by atoms with van der Waals surface area (Å²) >= 11 is 1.60. The number of piperidine rings is 1. The van der Waals surface area contributed by atoms with Gasteiger partial charge < -0.3 is 14.2 Å². The fraction of sp³-hybridized carbons (Fsp3) is 0.364. The smallest absolute Gasteiger partial charge is 0.309 e. The number of fused-ring (bicyclic) bond motifs is 1. The number of rotatable bonds is 5. The SMILES string of the molecule is CCOC(=O)C1CCN(C(=O)c2cc3sccc3n2Cc2ccc(F)cc2)CC1. The molecule has 0 spiro atoms. The van der Waals surface area contributed by atoms with Crippen LogP contribution in [0.5, 0.6) is 0 Å². The van der Waals surface area contributed by atoms with Crippen molar-refractivity contribution in [3.8, 4) is 0 Å². The summed E-state index contributed by atoms with van der Waals surface area (Å²) in [6.07, 6.45) is 1.25. The summed E-state index contributed by atoms with van der Waals surface area (Å²) in [4.78, 5) is 27.0. The van der Waals surface area contributed by atoms with Gasteiger partial charge >= 0.3 is 5.97 Å². The van der Waals surface area contributed by atoms with Gasteiger partial charge in [-0.2, -0.15) is 0 Å². The van der Waals surface area contributed by atoms with Crippen molar-refractivity contribution in [2.45, 2.75) is 26.3 Å². The monoisotopic (exact) mass is 414 g/mol. The molecule has 1 fully saturated rings. The van der Waals surface area contributed by atoms with Crippen molar-refractivity contribution in [2.75, 3.05) is 19.7 Å². The van der Waals surface area contributed by atoms with Crippen LogP contribution in [0.1, 0.15) is 35.8 Å². The standard InChI is InChI=1S/C22H23FN2O3S/c1-2-28-22(27)16-7-10-24(11-8-16)21(26)19-13-20-18(9-12-29-20)25(19)14-15-3-5-17(23)6-4-15/h3-6,9,12-13,16H,2,7-8,10-11,14H2,1H3. The first-order valence-electron chi connectivity index (χ1n) is 9.84. The molecule has 1 amide bonds. The van der Waals surface area contributed by atoms with E-state index in [2.05, 4.69) is 0 Å². The molecule has 4 rings (SSSR count). The van der Waals surface area contributed by atoms with E-state index < -0.39 is 0 Å². The zero-order valence-corrected chi connectivity index (χ0v) is 17.1. The van der Waals surface area contributed by atoms with Gasteiger partial charge in [-0.3, -0.25) is 9.59 Å². The molecular formula is C22H23FN2O3S. The van der Waals surface area contributed by atoms with Gasteiger partial charge in [-0.15, -0.1) is 11.3 Å². The van der Waals surface area contributed by atoms with E-state index in [-0.39, 0.29) is 23.6 Å². The summed E-state index contributed by atoms with van der Waals surface area (Å²) in [6, 6.07) is 10.3. The molecule has 7 heteroatoms. The first-order chi connectivity index (χ1) is 14.1. The topological polar surface area (TPSA) is 51.5 Å². The molecule has 0 unspecified atom stereocenters. The number of ether oxygens (including phenoxy) is 1. The summed E-state index contributed by atoms with van der Waals surface area (Å²) in [5.74, 6) is -0.603. The summed E-state index contributed by atoms with van der Waals surface area (Å²) < 4.78 is 21.4. The van der Waals surface area contributed by atoms with Gasteiger partial charge in [-0.05, 0) is 55.0 Å². The number of aromatic nitrogens is 1. The molecule has 1 aromatic carbocycles. The lowest BCUT2D eigenvalue weighted by molar-refractivity contribution is -0.149. The largest absolute Gasteiger partial charge is 0.466 e. The highest BCUT2D eigenvalue weighted by Gasteiger charge is 2.30.